The first-order valence-electron chi connectivity index (χ1n) is 40.1. The molecule has 1 unspecified atom stereocenters. The predicted octanol–water partition coefficient (Wildman–Crippen LogP) is 9.08. The minimum absolute atomic E-state index is 0.295. The first-order chi connectivity index (χ1) is 67.0. The van der Waals surface area contributed by atoms with E-state index in [1.54, 1.807) is 0 Å². The second kappa shape index (κ2) is 40.5. The zero-order chi connectivity index (χ0) is 103. The number of carbonyl (C=O) groups is 10. The van der Waals surface area contributed by atoms with Gasteiger partial charge in [0.25, 0.3) is 0 Å². The third kappa shape index (κ3) is 21.4. The van der Waals surface area contributed by atoms with Gasteiger partial charge in [-0.15, -0.1) is 0 Å². The highest BCUT2D eigenvalue weighted by atomic mass is 32.2. The lowest BCUT2D eigenvalue weighted by Crippen LogP contribution is -2.63. The van der Waals surface area contributed by atoms with E-state index in [1.165, 1.54) is 21.2 Å². The number of anilines is 2. The number of ether oxygens (including phenoxy) is 11. The minimum atomic E-state index is -3.12. The van der Waals surface area contributed by atoms with Gasteiger partial charge in [-0.1, -0.05) is 36.0 Å². The molecule has 2 heterocycles. The van der Waals surface area contributed by atoms with Crippen LogP contribution in [-0.4, -0.2) is 256 Å². The third-order valence-electron chi connectivity index (χ3n) is 20.8. The van der Waals surface area contributed by atoms with E-state index in [-0.39, 0.29) is 0 Å². The number of nitrogens with zero attached hydrogens (tertiary/aromatic N) is 2. The van der Waals surface area contributed by atoms with Crippen LogP contribution in [-0.2, 0) is 28.4 Å². The van der Waals surface area contributed by atoms with Crippen LogP contribution >= 0.6 is 11.8 Å². The van der Waals surface area contributed by atoms with Gasteiger partial charge < -0.3 is 190 Å². The van der Waals surface area contributed by atoms with Gasteiger partial charge in [0.2, 0.25) is 41.1 Å². The summed E-state index contributed by atoms with van der Waals surface area (Å²) in [5, 5.41) is 261. The van der Waals surface area contributed by atoms with Gasteiger partial charge in [-0.05, 0) is 167 Å². The van der Waals surface area contributed by atoms with E-state index in [9.17, 15) is 161 Å². The SMILES string of the molecule is CC(CN1c2ccccc2Sc2ccccc21)N(C)C.O=C(OC[C@H]1O[C@@H](OC(=O)c2cc(O)c(O)c(OC(=O)c3cc(O)c(O)c(O)c3)c2)[C@H](OC(=O)c2cc(O)c(O)c(OC(=O)c3cc(O)c(O)c(O)c3)c2)[C@@H](OC(=O)c2cc(O)c(O)c(OC(=O)c3cc(O)c(O)c(O)c3)c2)[C@@H]1OC(=O)c1cc(O)c(O)c(OC(=O)c2cc(O)c(O)c(O)c2)c1)c1cc(O)c(O)c(OC(=O)c2cc(O)c(O)c(O)c2)c1. The Bertz CT molecular complexity index is 7020. The van der Waals surface area contributed by atoms with Crippen molar-refractivity contribution in [1.82, 2.24) is 4.90 Å². The summed E-state index contributed by atoms with van der Waals surface area (Å²) >= 11 is 1.87. The predicted molar refractivity (Wildman–Crippen MR) is 470 cm³/mol. The molecule has 2 aliphatic heterocycles. The first-order valence-corrected chi connectivity index (χ1v) is 41.0. The molecule has 0 aromatic heterocycles. The Kier molecular flexibility index (Phi) is 28.5. The molecule has 12 aromatic carbocycles. The van der Waals surface area contributed by atoms with Gasteiger partial charge in [-0.3, -0.25) is 0 Å². The van der Waals surface area contributed by atoms with Crippen molar-refractivity contribution in [1.29, 1.82) is 0 Å². The number of esters is 10. The Morgan fingerprint density at radius 3 is 0.768 bits per heavy atom. The minimum Gasteiger partial charge on any atom is -0.504 e. The van der Waals surface area contributed by atoms with E-state index in [1.807, 2.05) is 11.8 Å². The smallest absolute Gasteiger partial charge is 0.343 e. The van der Waals surface area contributed by atoms with Gasteiger partial charge in [0, 0.05) is 22.4 Å². The number of phenols is 25. The molecular weight excluding hydrogens is 1910 g/mol. The largest absolute Gasteiger partial charge is 0.504 e. The fourth-order valence-corrected chi connectivity index (χ4v) is 14.3. The topological polar surface area (TPSA) is 784 Å². The Labute approximate surface area is 795 Å². The van der Waals surface area contributed by atoms with E-state index in [0.717, 1.165) is 6.54 Å². The molecule has 12 aromatic rings. The van der Waals surface area contributed by atoms with Gasteiger partial charge in [-0.2, -0.15) is 0 Å². The maximum absolute atomic E-state index is 15.3. The third-order valence-corrected chi connectivity index (χ3v) is 21.9. The molecule has 1 fully saturated rings. The molecule has 0 saturated carbocycles. The van der Waals surface area contributed by atoms with Gasteiger partial charge in [0.05, 0.1) is 67.0 Å². The second-order valence-corrected chi connectivity index (χ2v) is 31.7. The van der Waals surface area contributed by atoms with Crippen molar-refractivity contribution < 1.29 is 228 Å². The highest BCUT2D eigenvalue weighted by Crippen LogP contribution is 2.51. The number of rotatable bonds is 24. The van der Waals surface area contributed by atoms with Crippen molar-refractivity contribution in [2.45, 2.75) is 53.5 Å². The first kappa shape index (κ1) is 99.9. The molecule has 0 amide bonds. The lowest BCUT2D eigenvalue weighted by molar-refractivity contribution is -0.282. The van der Waals surface area contributed by atoms with E-state index < -0.39 is 325 Å². The molecule has 0 bridgehead atoms. The summed E-state index contributed by atoms with van der Waals surface area (Å²) in [4.78, 5) is 150. The lowest BCUT2D eigenvalue weighted by atomic mass is 9.97. The Balaban J connectivity index is 0.000000746. The molecule has 736 valence electrons. The number of phenolic OH excluding ortho intramolecular Hbond substituents is 25. The van der Waals surface area contributed by atoms with Crippen molar-refractivity contribution in [3.63, 3.8) is 0 Å². The lowest BCUT2D eigenvalue weighted by Gasteiger charge is -2.43. The molecule has 25 N–H and O–H groups in total. The number of likely N-dealkylation sites (N-methyl/N-ethyl adjacent to an activating group) is 1. The molecule has 2 aliphatic rings. The van der Waals surface area contributed by atoms with Gasteiger partial charge in [0.15, 0.2) is 156 Å². The molecule has 0 aliphatic carbocycles. The fraction of sp³-hybridized carbons (Fsp3) is 0.118. The number of carbonyl (C=O) groups excluding carboxylic acids is 10. The summed E-state index contributed by atoms with van der Waals surface area (Å²) in [6.45, 7) is 1.56. The Morgan fingerprint density at radius 2 is 0.507 bits per heavy atom. The van der Waals surface area contributed by atoms with Crippen LogP contribution in [0.15, 0.2) is 180 Å². The summed E-state index contributed by atoms with van der Waals surface area (Å²) in [6, 6.07) is 26.4. The van der Waals surface area contributed by atoms with Crippen molar-refractivity contribution in [2.75, 3.05) is 32.1 Å². The molecule has 48 nitrogen and oxygen atoms in total. The second-order valence-electron chi connectivity index (χ2n) is 30.6. The van der Waals surface area contributed by atoms with E-state index in [4.69, 9.17) is 52.1 Å². The molecule has 142 heavy (non-hydrogen) atoms. The average molecular weight is 1990 g/mol. The van der Waals surface area contributed by atoms with Crippen LogP contribution < -0.4 is 28.6 Å². The van der Waals surface area contributed by atoms with Crippen molar-refractivity contribution in [3.05, 3.63) is 225 Å². The van der Waals surface area contributed by atoms with E-state index >= 15 is 14.4 Å². The van der Waals surface area contributed by atoms with E-state index in [0.29, 0.717) is 127 Å². The maximum Gasteiger partial charge on any atom is 0.343 e. The monoisotopic (exact) mass is 1980 g/mol. The Morgan fingerprint density at radius 1 is 0.289 bits per heavy atom. The van der Waals surface area contributed by atoms with Crippen molar-refractivity contribution >= 4 is 82.8 Å². The maximum atomic E-state index is 15.3. The molecule has 1 saturated heterocycles. The van der Waals surface area contributed by atoms with Crippen LogP contribution in [0.2, 0.25) is 0 Å². The van der Waals surface area contributed by atoms with Crippen LogP contribution in [0.25, 0.3) is 0 Å². The number of aromatic hydroxyl groups is 25. The number of benzene rings is 12. The Hall–Kier alpha value is -19.6. The van der Waals surface area contributed by atoms with Crippen LogP contribution in [0.4, 0.5) is 11.4 Å². The zero-order valence-electron chi connectivity index (χ0n) is 72.1. The zero-order valence-corrected chi connectivity index (χ0v) is 72.9. The average Bonchev–Trinajstić information content (AvgIpc) is 0.769. The normalized spacial score (nSPS) is 14.7. The molecular formula is C93H72N2O46S. The molecule has 0 spiro atoms. The van der Waals surface area contributed by atoms with Crippen molar-refractivity contribution in [3.8, 4) is 172 Å². The van der Waals surface area contributed by atoms with Gasteiger partial charge >= 0.3 is 59.7 Å². The van der Waals surface area contributed by atoms with E-state index in [2.05, 4.69) is 79.3 Å². The summed E-state index contributed by atoms with van der Waals surface area (Å²) in [7, 11) is 4.28. The molecule has 49 heteroatoms. The van der Waals surface area contributed by atoms with Gasteiger partial charge in [-0.25, -0.2) is 47.9 Å². The number of hydrogen-bond acceptors (Lipinski definition) is 49. The molecule has 6 atom stereocenters. The summed E-state index contributed by atoms with van der Waals surface area (Å²) < 4.78 is 60.4. The van der Waals surface area contributed by atoms with Crippen LogP contribution in [0.5, 0.6) is 172 Å². The van der Waals surface area contributed by atoms with Gasteiger partial charge in [0.1, 0.15) is 12.7 Å². The van der Waals surface area contributed by atoms with Crippen molar-refractivity contribution in [2.24, 2.45) is 0 Å². The summed E-state index contributed by atoms with van der Waals surface area (Å²) in [5.41, 5.74) is -7.24. The molecule has 0 radical (unpaired) electrons. The summed E-state index contributed by atoms with van der Waals surface area (Å²) in [5.74, 6) is -56.0. The molecule has 14 rings (SSSR count). The number of para-hydroxylation sites is 2. The van der Waals surface area contributed by atoms with Crippen LogP contribution in [0, 0.1) is 0 Å². The number of hydrogen-bond donors (Lipinski definition) is 25. The fourth-order valence-electron chi connectivity index (χ4n) is 13.3. The summed E-state index contributed by atoms with van der Waals surface area (Å²) in [6.07, 6.45) is -15.1. The highest BCUT2D eigenvalue weighted by Gasteiger charge is 2.55. The standard InChI is InChI=1S/C76H52O46.C17H20N2S/c77-32-1-22(2-33(78)53(32)92)67(103)113-47-16-27(11-42(87)58(47)97)66(102)112-21-52-63(119-72(108)28-12-43(88)59(98)48(17-28)114-68(104)23-3-34(79)54(93)35(80)4-23)64(120-73(109)29-13-44(89)60(99)49(18-29)115-69(105)24-5-36(81)55(94)37(82)6-24)65(121-74(110)30-14-45(90)61(100)50(19-30)116-70(106)25-7-38(83)56(95)39(84)8-25)76(118-52)122-75(111)31-15-46(91)62(101)51(20-31)117-71(107)26-9-40(85)57(96)41(86)10-26;1-13(18(2)3)12-19-14-8-4-6-10-16(14)20-17-11-7-5-9-15(17)19/h1-20,52,63-65,76-101H,21H2;4-11,13H,12H2,1-3H3/t52-,63-,64+,65-,76+;/m1./s1. The number of fused-ring (bicyclic) bond motifs is 2. The highest BCUT2D eigenvalue weighted by molar-refractivity contribution is 7.99. The quantitative estimate of drug-likeness (QED) is 0.0116. The van der Waals surface area contributed by atoms with Crippen LogP contribution in [0.1, 0.15) is 111 Å². The van der Waals surface area contributed by atoms with Crippen LogP contribution in [0.3, 0.4) is 0 Å².